The Kier molecular flexibility index (Phi) is 14.1. The van der Waals surface area contributed by atoms with Crippen LogP contribution in [0.1, 0.15) is 52.7 Å². The van der Waals surface area contributed by atoms with E-state index in [-0.39, 0.29) is 10.8 Å². The molecule has 17 aromatic rings. The zero-order valence-electron chi connectivity index (χ0n) is 54.6. The number of hydrogen-bond acceptors (Lipinski definition) is 4. The third-order valence-corrected chi connectivity index (χ3v) is 20.1. The van der Waals surface area contributed by atoms with Crippen molar-refractivity contribution in [1.82, 2.24) is 17.9 Å². The van der Waals surface area contributed by atoms with Crippen LogP contribution < -0.4 is 4.90 Å². The van der Waals surface area contributed by atoms with Gasteiger partial charge in [-0.05, 0) is 197 Å². The molecule has 0 bridgehead atoms. The van der Waals surface area contributed by atoms with E-state index in [0.29, 0.717) is 0 Å². The summed E-state index contributed by atoms with van der Waals surface area (Å²) >= 11 is 1.26. The lowest BCUT2D eigenvalue weighted by Gasteiger charge is -2.26. The van der Waals surface area contributed by atoms with E-state index in [2.05, 4.69) is 365 Å². The fourth-order valence-corrected chi connectivity index (χ4v) is 15.0. The van der Waals surface area contributed by atoms with Crippen molar-refractivity contribution >= 4 is 94.2 Å². The van der Waals surface area contributed by atoms with Crippen LogP contribution in [0.3, 0.4) is 0 Å². The Hall–Kier alpha value is -11.4. The molecule has 0 aliphatic rings. The normalized spacial score (nSPS) is 12.1. The van der Waals surface area contributed by atoms with Gasteiger partial charge in [0.1, 0.15) is 11.0 Å². The summed E-state index contributed by atoms with van der Waals surface area (Å²) in [5.41, 5.74) is 28.3. The minimum absolute atomic E-state index is 0.0763. The predicted molar refractivity (Wildman–Crippen MR) is 408 cm³/mol. The van der Waals surface area contributed by atoms with E-state index in [9.17, 15) is 0 Å². The molecule has 0 amide bonds. The molecule has 17 rings (SSSR count). The molecule has 0 aliphatic carbocycles. The molecule has 0 unspecified atom stereocenters. The highest BCUT2D eigenvalue weighted by atomic mass is 32.1. The van der Waals surface area contributed by atoms with Crippen LogP contribution in [0.5, 0.6) is 0 Å². The van der Waals surface area contributed by atoms with Gasteiger partial charge in [-0.25, -0.2) is 0 Å². The molecule has 3 heterocycles. The first-order valence-corrected chi connectivity index (χ1v) is 33.9. The first-order chi connectivity index (χ1) is 46.8. The van der Waals surface area contributed by atoms with Crippen LogP contribution >= 0.6 is 11.7 Å². The molecule has 14 aromatic carbocycles. The lowest BCUT2D eigenvalue weighted by molar-refractivity contribution is 0.590. The molecule has 96 heavy (non-hydrogen) atoms. The van der Waals surface area contributed by atoms with Gasteiger partial charge in [-0.1, -0.05) is 248 Å². The van der Waals surface area contributed by atoms with Gasteiger partial charge in [0.2, 0.25) is 0 Å². The van der Waals surface area contributed by atoms with Crippen LogP contribution in [0, 0.1) is 0 Å². The highest BCUT2D eigenvalue weighted by molar-refractivity contribution is 7.00. The Bertz CT molecular complexity index is 5660. The van der Waals surface area contributed by atoms with Gasteiger partial charge in [0.15, 0.2) is 0 Å². The van der Waals surface area contributed by atoms with Crippen LogP contribution in [0.4, 0.5) is 17.1 Å². The molecule has 0 spiro atoms. The second-order valence-corrected chi connectivity index (χ2v) is 28.1. The summed E-state index contributed by atoms with van der Waals surface area (Å²) in [5.74, 6) is 0. The Balaban J connectivity index is 0.737. The number of aromatic nitrogens is 4. The van der Waals surface area contributed by atoms with Crippen molar-refractivity contribution in [3.63, 3.8) is 0 Å². The topological polar surface area (TPSA) is 38.9 Å². The molecule has 6 heteroatoms. The molecule has 0 aliphatic heterocycles. The SMILES string of the molecule is CC(C)(C)c1ccc(-c2ccc3c(c2)c2cc(-c4ccc(C(C)(C)C)cc4)ccc2n3-c2ccc(-c3ccc(N(c4ccc(-c5ccccc5)cc4)c4ccc(-c5ccc6c(c5)c5c7ccccc7ccc5n6-c5ccc(-c6ccccc6)cc5)cc4)c4nsnc34)cc2)cc1. The zero-order chi connectivity index (χ0) is 64.8. The lowest BCUT2D eigenvalue weighted by atomic mass is 9.86. The molecular formula is C90H69N5S. The number of nitrogens with zero attached hydrogens (tertiary/aromatic N) is 5. The maximum atomic E-state index is 5.12. The largest absolute Gasteiger partial charge is 0.309 e. The monoisotopic (exact) mass is 1250 g/mol. The average Bonchev–Trinajstić information content (AvgIpc) is 1.57. The Morgan fingerprint density at radius 1 is 0.292 bits per heavy atom. The van der Waals surface area contributed by atoms with Gasteiger partial charge in [-0.2, -0.15) is 8.75 Å². The van der Waals surface area contributed by atoms with Crippen molar-refractivity contribution in [2.75, 3.05) is 4.90 Å². The smallest absolute Gasteiger partial charge is 0.129 e. The van der Waals surface area contributed by atoms with Gasteiger partial charge in [0.05, 0.1) is 39.5 Å². The number of hydrogen-bond donors (Lipinski definition) is 0. The number of benzene rings is 14. The first kappa shape index (κ1) is 58.4. The molecule has 0 atom stereocenters. The average molecular weight is 1250 g/mol. The van der Waals surface area contributed by atoms with E-state index >= 15 is 0 Å². The maximum absolute atomic E-state index is 5.12. The van der Waals surface area contributed by atoms with E-state index in [4.69, 9.17) is 8.75 Å². The Morgan fingerprint density at radius 2 is 0.667 bits per heavy atom. The molecule has 0 radical (unpaired) electrons. The zero-order valence-corrected chi connectivity index (χ0v) is 55.4. The van der Waals surface area contributed by atoms with E-state index in [0.717, 1.165) is 78.3 Å². The maximum Gasteiger partial charge on any atom is 0.129 e. The van der Waals surface area contributed by atoms with Crippen LogP contribution in [0.2, 0.25) is 0 Å². The van der Waals surface area contributed by atoms with E-state index < -0.39 is 0 Å². The summed E-state index contributed by atoms with van der Waals surface area (Å²) in [5, 5.41) is 7.37. The molecule has 5 nitrogen and oxygen atoms in total. The number of fused-ring (bicyclic) bond motifs is 9. The predicted octanol–water partition coefficient (Wildman–Crippen LogP) is 25.1. The standard InChI is InChI=1S/C90H69N5S/c1-89(2,3)70-37-21-62(22-38-70)67-34-50-81-78(55-67)79-56-68(63-23-39-71(40-24-63)90(4,5)6)35-51-82(79)94(81)74-47-31-66(32-48-74)77-49-54-85(88-87(77)91-96-92-88)93(72-41-25-60(26-42-72)58-15-9-7-10-16-58)73-43-29-64(30-44-73)69-36-52-83-80(57-69)86-76-20-14-13-19-65(76)33-53-84(86)95(83)75-45-27-61(28-46-75)59-17-11-8-12-18-59/h7-57H,1-6H3. The summed E-state index contributed by atoms with van der Waals surface area (Å²) in [6, 6.07) is 114. The summed E-state index contributed by atoms with van der Waals surface area (Å²) in [4.78, 5) is 2.34. The summed E-state index contributed by atoms with van der Waals surface area (Å²) < 4.78 is 15.1. The van der Waals surface area contributed by atoms with Crippen LogP contribution in [0.15, 0.2) is 309 Å². The Morgan fingerprint density at radius 3 is 1.17 bits per heavy atom. The summed E-state index contributed by atoms with van der Waals surface area (Å²) in [6.07, 6.45) is 0. The van der Waals surface area contributed by atoms with Crippen molar-refractivity contribution in [2.45, 2.75) is 52.4 Å². The van der Waals surface area contributed by atoms with Gasteiger partial charge in [0, 0.05) is 49.9 Å². The van der Waals surface area contributed by atoms with Crippen molar-refractivity contribution in [2.24, 2.45) is 0 Å². The summed E-state index contributed by atoms with van der Waals surface area (Å²) in [7, 11) is 0. The second-order valence-electron chi connectivity index (χ2n) is 27.6. The number of anilines is 3. The van der Waals surface area contributed by atoms with Crippen molar-refractivity contribution < 1.29 is 0 Å². The second kappa shape index (κ2) is 23.2. The molecular weight excluding hydrogens is 1180 g/mol. The van der Waals surface area contributed by atoms with Gasteiger partial charge in [-0.15, -0.1) is 0 Å². The number of rotatable bonds is 11. The minimum atomic E-state index is 0.0763. The minimum Gasteiger partial charge on any atom is -0.309 e. The van der Waals surface area contributed by atoms with Crippen molar-refractivity contribution in [3.8, 4) is 78.1 Å². The molecule has 460 valence electrons. The molecule has 0 fully saturated rings. The highest BCUT2D eigenvalue weighted by Gasteiger charge is 2.24. The van der Waals surface area contributed by atoms with Gasteiger partial charge >= 0.3 is 0 Å². The van der Waals surface area contributed by atoms with Gasteiger partial charge in [0.25, 0.3) is 0 Å². The summed E-state index contributed by atoms with van der Waals surface area (Å²) in [6.45, 7) is 13.6. The van der Waals surface area contributed by atoms with E-state index in [1.165, 1.54) is 105 Å². The fraction of sp³-hybridized carbons (Fsp3) is 0.0889. The van der Waals surface area contributed by atoms with E-state index in [1.807, 2.05) is 0 Å². The Labute approximate surface area is 564 Å². The van der Waals surface area contributed by atoms with Gasteiger partial charge < -0.3 is 14.0 Å². The van der Waals surface area contributed by atoms with Gasteiger partial charge in [-0.3, -0.25) is 0 Å². The molecule has 0 saturated heterocycles. The van der Waals surface area contributed by atoms with Crippen molar-refractivity contribution in [3.05, 3.63) is 321 Å². The van der Waals surface area contributed by atoms with Crippen LogP contribution in [-0.2, 0) is 10.8 Å². The van der Waals surface area contributed by atoms with E-state index in [1.54, 1.807) is 0 Å². The molecule has 0 saturated carbocycles. The van der Waals surface area contributed by atoms with Crippen LogP contribution in [-0.4, -0.2) is 17.9 Å². The highest BCUT2D eigenvalue weighted by Crippen LogP contribution is 2.46. The third kappa shape index (κ3) is 10.3. The molecule has 3 aromatic heterocycles. The van der Waals surface area contributed by atoms with Crippen LogP contribution in [0.25, 0.3) is 144 Å². The fourth-order valence-electron chi connectivity index (χ4n) is 14.4. The first-order valence-electron chi connectivity index (χ1n) is 33.2. The third-order valence-electron chi connectivity index (χ3n) is 19.6. The lowest BCUT2D eigenvalue weighted by Crippen LogP contribution is -2.10. The molecule has 0 N–H and O–H groups in total. The van der Waals surface area contributed by atoms with Crippen molar-refractivity contribution in [1.29, 1.82) is 0 Å². The quantitative estimate of drug-likeness (QED) is 0.130.